The summed E-state index contributed by atoms with van der Waals surface area (Å²) in [7, 11) is 0. The van der Waals surface area contributed by atoms with Gasteiger partial charge in [0.15, 0.2) is 0 Å². The highest BCUT2D eigenvalue weighted by atomic mass is 32.1. The Balaban J connectivity index is 1.36. The van der Waals surface area contributed by atoms with Crippen LogP contribution in [-0.2, 0) is 11.2 Å². The van der Waals surface area contributed by atoms with Crippen LogP contribution in [0.5, 0.6) is 0 Å². The highest BCUT2D eigenvalue weighted by Gasteiger charge is 2.28. The summed E-state index contributed by atoms with van der Waals surface area (Å²) in [6.45, 7) is 1.25. The van der Waals surface area contributed by atoms with Gasteiger partial charge in [-0.1, -0.05) is 54.6 Å². The fraction of sp³-hybridized carbons (Fsp3) is 0.250. The van der Waals surface area contributed by atoms with Gasteiger partial charge < -0.3 is 10.2 Å². The van der Waals surface area contributed by atoms with Crippen molar-refractivity contribution in [1.82, 2.24) is 4.90 Å². The molecule has 4 rings (SSSR count). The Bertz CT molecular complexity index is 962. The van der Waals surface area contributed by atoms with Crippen LogP contribution in [0.25, 0.3) is 0 Å². The molecule has 0 atom stereocenters. The van der Waals surface area contributed by atoms with Crippen molar-refractivity contribution in [2.24, 2.45) is 5.92 Å². The molecule has 1 aromatic heterocycles. The molecule has 2 aromatic carbocycles. The smallest absolute Gasteiger partial charge is 0.263 e. The van der Waals surface area contributed by atoms with Gasteiger partial charge in [0.05, 0.1) is 4.88 Å². The fourth-order valence-electron chi connectivity index (χ4n) is 3.75. The molecule has 0 unspecified atom stereocenters. The molecule has 29 heavy (non-hydrogen) atoms. The van der Waals surface area contributed by atoms with Crippen LogP contribution in [0.3, 0.4) is 0 Å². The summed E-state index contributed by atoms with van der Waals surface area (Å²) < 4.78 is 0. The third-order valence-corrected chi connectivity index (χ3v) is 6.26. The topological polar surface area (TPSA) is 49.4 Å². The van der Waals surface area contributed by atoms with Crippen molar-refractivity contribution < 1.29 is 9.59 Å². The zero-order valence-electron chi connectivity index (χ0n) is 16.2. The van der Waals surface area contributed by atoms with Crippen LogP contribution in [-0.4, -0.2) is 29.8 Å². The Morgan fingerprint density at radius 2 is 1.66 bits per heavy atom. The van der Waals surface area contributed by atoms with Crippen LogP contribution in [0.2, 0.25) is 0 Å². The quantitative estimate of drug-likeness (QED) is 0.662. The summed E-state index contributed by atoms with van der Waals surface area (Å²) in [4.78, 5) is 28.0. The van der Waals surface area contributed by atoms with Crippen molar-refractivity contribution in [2.45, 2.75) is 19.3 Å². The summed E-state index contributed by atoms with van der Waals surface area (Å²) >= 11 is 1.47. The lowest BCUT2D eigenvalue weighted by atomic mass is 9.95. The second-order valence-corrected chi connectivity index (χ2v) is 8.30. The van der Waals surface area contributed by atoms with Crippen molar-refractivity contribution in [3.05, 3.63) is 88.1 Å². The third kappa shape index (κ3) is 4.74. The predicted octanol–water partition coefficient (Wildman–Crippen LogP) is 4.83. The minimum atomic E-state index is -0.0628. The van der Waals surface area contributed by atoms with Gasteiger partial charge in [-0.2, -0.15) is 0 Å². The molecule has 2 heterocycles. The van der Waals surface area contributed by atoms with Gasteiger partial charge in [0.25, 0.3) is 5.91 Å². The van der Waals surface area contributed by atoms with Crippen LogP contribution in [0.4, 0.5) is 5.69 Å². The lowest BCUT2D eigenvalue weighted by molar-refractivity contribution is -0.121. The SMILES string of the molecule is O=C(Nc1ccccc1Cc1ccccc1)C1CCN(C(=O)c2cccs2)CC1. The van der Waals surface area contributed by atoms with Crippen LogP contribution < -0.4 is 5.32 Å². The van der Waals surface area contributed by atoms with Crippen molar-refractivity contribution in [3.63, 3.8) is 0 Å². The molecular weight excluding hydrogens is 380 g/mol. The van der Waals surface area contributed by atoms with E-state index in [1.807, 2.05) is 58.8 Å². The molecule has 0 bridgehead atoms. The second-order valence-electron chi connectivity index (χ2n) is 7.35. The largest absolute Gasteiger partial charge is 0.338 e. The zero-order chi connectivity index (χ0) is 20.1. The standard InChI is InChI=1S/C24H24N2O2S/c27-23(19-12-14-26(15-13-19)24(28)22-11-6-16-29-22)25-21-10-5-4-9-20(21)17-18-7-2-1-3-8-18/h1-11,16,19H,12-15,17H2,(H,25,27). The maximum Gasteiger partial charge on any atom is 0.263 e. The Hall–Kier alpha value is -2.92. The summed E-state index contributed by atoms with van der Waals surface area (Å²) in [5.41, 5.74) is 3.20. The molecule has 0 aliphatic carbocycles. The molecule has 3 aromatic rings. The van der Waals surface area contributed by atoms with Crippen LogP contribution in [0.1, 0.15) is 33.6 Å². The van der Waals surface area contributed by atoms with Crippen molar-refractivity contribution in [1.29, 1.82) is 0 Å². The molecule has 4 nitrogen and oxygen atoms in total. The Labute approximate surface area is 175 Å². The number of rotatable bonds is 5. The number of piperidine rings is 1. The molecule has 1 aliphatic heterocycles. The molecule has 0 spiro atoms. The first-order valence-corrected chi connectivity index (χ1v) is 10.8. The van der Waals surface area contributed by atoms with Gasteiger partial charge in [-0.15, -0.1) is 11.3 Å². The monoisotopic (exact) mass is 404 g/mol. The Morgan fingerprint density at radius 3 is 2.38 bits per heavy atom. The van der Waals surface area contributed by atoms with E-state index in [0.29, 0.717) is 25.9 Å². The number of hydrogen-bond donors (Lipinski definition) is 1. The van der Waals surface area contributed by atoms with E-state index in [2.05, 4.69) is 23.5 Å². The minimum absolute atomic E-state index is 0.0498. The van der Waals surface area contributed by atoms with E-state index < -0.39 is 0 Å². The summed E-state index contributed by atoms with van der Waals surface area (Å²) in [5, 5.41) is 5.05. The van der Waals surface area contributed by atoms with Crippen molar-refractivity contribution >= 4 is 28.8 Å². The first-order chi connectivity index (χ1) is 14.2. The lowest BCUT2D eigenvalue weighted by Crippen LogP contribution is -2.41. The number of nitrogens with one attached hydrogen (secondary N) is 1. The van der Waals surface area contributed by atoms with E-state index in [4.69, 9.17) is 0 Å². The first-order valence-electron chi connectivity index (χ1n) is 9.96. The summed E-state index contributed by atoms with van der Waals surface area (Å²) in [6.07, 6.45) is 2.18. The Morgan fingerprint density at radius 1 is 0.931 bits per heavy atom. The summed E-state index contributed by atoms with van der Waals surface area (Å²) in [6, 6.07) is 22.0. The average Bonchev–Trinajstić information content (AvgIpc) is 3.30. The number of carbonyl (C=O) groups is 2. The van der Waals surface area contributed by atoms with Gasteiger partial charge in [0.2, 0.25) is 5.91 Å². The number of hydrogen-bond acceptors (Lipinski definition) is 3. The number of nitrogens with zero attached hydrogens (tertiary/aromatic N) is 1. The second kappa shape index (κ2) is 9.05. The highest BCUT2D eigenvalue weighted by molar-refractivity contribution is 7.12. The molecule has 0 saturated carbocycles. The van der Waals surface area contributed by atoms with E-state index in [0.717, 1.165) is 22.5 Å². The number of amides is 2. The van der Waals surface area contributed by atoms with E-state index in [1.54, 1.807) is 0 Å². The first kappa shape index (κ1) is 19.4. The number of thiophene rings is 1. The summed E-state index contributed by atoms with van der Waals surface area (Å²) in [5.74, 6) is 0.0629. The molecule has 0 radical (unpaired) electrons. The molecule has 1 saturated heterocycles. The number of carbonyl (C=O) groups excluding carboxylic acids is 2. The van der Waals surface area contributed by atoms with Gasteiger partial charge in [-0.25, -0.2) is 0 Å². The van der Waals surface area contributed by atoms with Crippen molar-refractivity contribution in [3.8, 4) is 0 Å². The molecule has 2 amide bonds. The van der Waals surface area contributed by atoms with Crippen LogP contribution in [0, 0.1) is 5.92 Å². The van der Waals surface area contributed by atoms with E-state index in [9.17, 15) is 9.59 Å². The molecule has 1 N–H and O–H groups in total. The maximum atomic E-state index is 12.9. The van der Waals surface area contributed by atoms with Gasteiger partial charge in [0, 0.05) is 24.7 Å². The van der Waals surface area contributed by atoms with Crippen LogP contribution >= 0.6 is 11.3 Å². The predicted molar refractivity (Wildman–Crippen MR) is 117 cm³/mol. The lowest BCUT2D eigenvalue weighted by Gasteiger charge is -2.31. The molecule has 5 heteroatoms. The molecular formula is C24H24N2O2S. The number of para-hydroxylation sites is 1. The van der Waals surface area contributed by atoms with Gasteiger partial charge in [-0.05, 0) is 47.9 Å². The average molecular weight is 405 g/mol. The molecule has 1 fully saturated rings. The molecule has 1 aliphatic rings. The van der Waals surface area contributed by atoms with Gasteiger partial charge >= 0.3 is 0 Å². The normalized spacial score (nSPS) is 14.6. The van der Waals surface area contributed by atoms with Gasteiger partial charge in [0.1, 0.15) is 0 Å². The third-order valence-electron chi connectivity index (χ3n) is 5.40. The number of benzene rings is 2. The Kier molecular flexibility index (Phi) is 6.06. The van der Waals surface area contributed by atoms with Crippen molar-refractivity contribution in [2.75, 3.05) is 18.4 Å². The minimum Gasteiger partial charge on any atom is -0.338 e. The fourth-order valence-corrected chi connectivity index (χ4v) is 4.44. The molecule has 148 valence electrons. The highest BCUT2D eigenvalue weighted by Crippen LogP contribution is 2.24. The number of likely N-dealkylation sites (tertiary alicyclic amines) is 1. The number of anilines is 1. The van der Waals surface area contributed by atoms with Crippen LogP contribution in [0.15, 0.2) is 72.1 Å². The zero-order valence-corrected chi connectivity index (χ0v) is 17.0. The maximum absolute atomic E-state index is 12.9. The van der Waals surface area contributed by atoms with E-state index in [-0.39, 0.29) is 17.7 Å². The van der Waals surface area contributed by atoms with E-state index >= 15 is 0 Å². The van der Waals surface area contributed by atoms with E-state index in [1.165, 1.54) is 16.9 Å². The van der Waals surface area contributed by atoms with Gasteiger partial charge in [-0.3, -0.25) is 9.59 Å².